The molecule has 0 saturated heterocycles. The maximum atomic E-state index is 13.7. The Morgan fingerprint density at radius 3 is 2.76 bits per heavy atom. The summed E-state index contributed by atoms with van der Waals surface area (Å²) in [6, 6.07) is 5.09. The van der Waals surface area contributed by atoms with Gasteiger partial charge in [0.25, 0.3) is 0 Å². The standard InChI is InChI=1S/C12H16BrFN2S/c1-2-5-16(8-12(15)17)7-9-3-4-10(13)6-11(9)14/h3-4,6H,2,5,7-8H2,1H3,(H2,15,17). The van der Waals surface area contributed by atoms with Gasteiger partial charge in [0.2, 0.25) is 0 Å². The summed E-state index contributed by atoms with van der Waals surface area (Å²) in [5.41, 5.74) is 6.19. The van der Waals surface area contributed by atoms with Crippen LogP contribution in [-0.2, 0) is 6.54 Å². The number of thiocarbonyl (C=S) groups is 1. The largest absolute Gasteiger partial charge is 0.392 e. The van der Waals surface area contributed by atoms with Gasteiger partial charge in [0.15, 0.2) is 0 Å². The van der Waals surface area contributed by atoms with E-state index in [1.807, 2.05) is 6.07 Å². The van der Waals surface area contributed by atoms with Gasteiger partial charge in [-0.3, -0.25) is 4.90 Å². The maximum absolute atomic E-state index is 13.7. The summed E-state index contributed by atoms with van der Waals surface area (Å²) in [7, 11) is 0. The van der Waals surface area contributed by atoms with Crippen LogP contribution in [0.2, 0.25) is 0 Å². The van der Waals surface area contributed by atoms with Crippen molar-refractivity contribution >= 4 is 33.1 Å². The van der Waals surface area contributed by atoms with E-state index in [1.54, 1.807) is 6.07 Å². The molecule has 0 aliphatic heterocycles. The van der Waals surface area contributed by atoms with Crippen LogP contribution < -0.4 is 5.73 Å². The van der Waals surface area contributed by atoms with Crippen molar-refractivity contribution in [2.45, 2.75) is 19.9 Å². The summed E-state index contributed by atoms with van der Waals surface area (Å²) in [5.74, 6) is -0.205. The van der Waals surface area contributed by atoms with E-state index < -0.39 is 0 Å². The van der Waals surface area contributed by atoms with Gasteiger partial charge >= 0.3 is 0 Å². The van der Waals surface area contributed by atoms with Gasteiger partial charge in [-0.15, -0.1) is 0 Å². The highest BCUT2D eigenvalue weighted by Crippen LogP contribution is 2.16. The summed E-state index contributed by atoms with van der Waals surface area (Å²) in [6.07, 6.45) is 0.987. The van der Waals surface area contributed by atoms with Crippen molar-refractivity contribution < 1.29 is 4.39 Å². The topological polar surface area (TPSA) is 29.3 Å². The Kier molecular flexibility index (Phi) is 6.02. The Hall–Kier alpha value is -0.520. The molecule has 0 aliphatic carbocycles. The molecule has 2 nitrogen and oxygen atoms in total. The summed E-state index contributed by atoms with van der Waals surface area (Å²) in [5, 5.41) is 0. The van der Waals surface area contributed by atoms with Crippen LogP contribution >= 0.6 is 28.1 Å². The third kappa shape index (κ3) is 5.10. The molecule has 0 fully saturated rings. The molecule has 17 heavy (non-hydrogen) atoms. The molecule has 0 saturated carbocycles. The lowest BCUT2D eigenvalue weighted by atomic mass is 10.2. The second-order valence-electron chi connectivity index (χ2n) is 3.91. The first-order chi connectivity index (χ1) is 8.02. The van der Waals surface area contributed by atoms with Gasteiger partial charge in [-0.25, -0.2) is 4.39 Å². The lowest BCUT2D eigenvalue weighted by Crippen LogP contribution is -2.33. The molecule has 1 aromatic carbocycles. The number of nitrogens with zero attached hydrogens (tertiary/aromatic N) is 1. The molecular formula is C12H16BrFN2S. The summed E-state index contributed by atoms with van der Waals surface area (Å²) in [4.78, 5) is 2.49. The van der Waals surface area contributed by atoms with E-state index >= 15 is 0 Å². The van der Waals surface area contributed by atoms with Gasteiger partial charge in [-0.2, -0.15) is 0 Å². The minimum absolute atomic E-state index is 0.205. The summed E-state index contributed by atoms with van der Waals surface area (Å²) >= 11 is 8.13. The van der Waals surface area contributed by atoms with Crippen molar-refractivity contribution in [1.29, 1.82) is 0 Å². The van der Waals surface area contributed by atoms with Crippen LogP contribution in [0.5, 0.6) is 0 Å². The van der Waals surface area contributed by atoms with E-state index in [0.29, 0.717) is 23.6 Å². The Morgan fingerprint density at radius 2 is 2.24 bits per heavy atom. The monoisotopic (exact) mass is 318 g/mol. The van der Waals surface area contributed by atoms with Crippen molar-refractivity contribution in [2.75, 3.05) is 13.1 Å². The average molecular weight is 319 g/mol. The molecule has 5 heteroatoms. The maximum Gasteiger partial charge on any atom is 0.128 e. The summed E-state index contributed by atoms with van der Waals surface area (Å²) in [6.45, 7) is 3.99. The molecule has 94 valence electrons. The fraction of sp³-hybridized carbons (Fsp3) is 0.417. The third-order valence-electron chi connectivity index (χ3n) is 2.33. The zero-order chi connectivity index (χ0) is 12.8. The first-order valence-electron chi connectivity index (χ1n) is 5.47. The number of hydrogen-bond acceptors (Lipinski definition) is 2. The molecule has 0 aliphatic rings. The van der Waals surface area contributed by atoms with Crippen molar-refractivity contribution in [1.82, 2.24) is 4.90 Å². The Labute approximate surface area is 115 Å². The zero-order valence-corrected chi connectivity index (χ0v) is 12.2. The zero-order valence-electron chi connectivity index (χ0n) is 9.75. The van der Waals surface area contributed by atoms with Crippen LogP contribution in [0.25, 0.3) is 0 Å². The fourth-order valence-electron chi connectivity index (χ4n) is 1.64. The van der Waals surface area contributed by atoms with Crippen molar-refractivity contribution in [3.05, 3.63) is 34.1 Å². The molecule has 1 aromatic rings. The van der Waals surface area contributed by atoms with E-state index in [1.165, 1.54) is 6.07 Å². The molecule has 0 bridgehead atoms. The van der Waals surface area contributed by atoms with Gasteiger partial charge in [-0.1, -0.05) is 41.1 Å². The number of hydrogen-bond donors (Lipinski definition) is 1. The van der Waals surface area contributed by atoms with Crippen LogP contribution in [0.3, 0.4) is 0 Å². The normalized spacial score (nSPS) is 10.8. The van der Waals surface area contributed by atoms with Gasteiger partial charge in [-0.05, 0) is 25.1 Å². The van der Waals surface area contributed by atoms with Crippen LogP contribution in [0.15, 0.2) is 22.7 Å². The van der Waals surface area contributed by atoms with Gasteiger partial charge < -0.3 is 5.73 Å². The van der Waals surface area contributed by atoms with E-state index in [-0.39, 0.29) is 5.82 Å². The molecule has 0 atom stereocenters. The number of benzene rings is 1. The van der Waals surface area contributed by atoms with Gasteiger partial charge in [0.05, 0.1) is 4.99 Å². The Balaban J connectivity index is 2.74. The second kappa shape index (κ2) is 7.03. The number of rotatable bonds is 6. The van der Waals surface area contributed by atoms with E-state index in [9.17, 15) is 4.39 Å². The van der Waals surface area contributed by atoms with E-state index in [0.717, 1.165) is 17.4 Å². The third-order valence-corrected chi connectivity index (χ3v) is 2.95. The van der Waals surface area contributed by atoms with Gasteiger partial charge in [0, 0.05) is 23.1 Å². The Bertz CT molecular complexity index is 398. The highest BCUT2D eigenvalue weighted by Gasteiger charge is 2.10. The predicted molar refractivity (Wildman–Crippen MR) is 76.5 cm³/mol. The van der Waals surface area contributed by atoms with Crippen molar-refractivity contribution in [2.24, 2.45) is 5.73 Å². The highest BCUT2D eigenvalue weighted by molar-refractivity contribution is 9.10. The molecule has 2 N–H and O–H groups in total. The van der Waals surface area contributed by atoms with Crippen LogP contribution in [-0.4, -0.2) is 23.0 Å². The smallest absolute Gasteiger partial charge is 0.128 e. The summed E-state index contributed by atoms with van der Waals surface area (Å²) < 4.78 is 14.4. The highest BCUT2D eigenvalue weighted by atomic mass is 79.9. The van der Waals surface area contributed by atoms with E-state index in [4.69, 9.17) is 18.0 Å². The van der Waals surface area contributed by atoms with Crippen LogP contribution in [0.4, 0.5) is 4.39 Å². The lowest BCUT2D eigenvalue weighted by Gasteiger charge is -2.21. The fourth-order valence-corrected chi connectivity index (χ4v) is 2.16. The van der Waals surface area contributed by atoms with Crippen LogP contribution in [0, 0.1) is 5.82 Å². The Morgan fingerprint density at radius 1 is 1.53 bits per heavy atom. The molecule has 0 radical (unpaired) electrons. The average Bonchev–Trinajstić information content (AvgIpc) is 2.21. The van der Waals surface area contributed by atoms with Crippen molar-refractivity contribution in [3.63, 3.8) is 0 Å². The minimum Gasteiger partial charge on any atom is -0.392 e. The molecule has 1 rings (SSSR count). The quantitative estimate of drug-likeness (QED) is 0.817. The van der Waals surface area contributed by atoms with Crippen LogP contribution in [0.1, 0.15) is 18.9 Å². The number of halogens is 2. The molecule has 0 spiro atoms. The first-order valence-corrected chi connectivity index (χ1v) is 6.67. The molecule has 0 aromatic heterocycles. The van der Waals surface area contributed by atoms with Crippen molar-refractivity contribution in [3.8, 4) is 0 Å². The predicted octanol–water partition coefficient (Wildman–Crippen LogP) is 3.09. The molecule has 0 heterocycles. The second-order valence-corrected chi connectivity index (χ2v) is 5.35. The molecule has 0 amide bonds. The SMILES string of the molecule is CCCN(CC(N)=S)Cc1ccc(Br)cc1F. The lowest BCUT2D eigenvalue weighted by molar-refractivity contribution is 0.299. The molecular weight excluding hydrogens is 303 g/mol. The first kappa shape index (κ1) is 14.5. The van der Waals surface area contributed by atoms with Gasteiger partial charge in [0.1, 0.15) is 5.82 Å². The van der Waals surface area contributed by atoms with E-state index in [2.05, 4.69) is 27.8 Å². The minimum atomic E-state index is -0.205. The molecule has 0 unspecified atom stereocenters. The number of nitrogens with two attached hydrogens (primary N) is 1.